The minimum absolute atomic E-state index is 0.0848. The first-order chi connectivity index (χ1) is 12.2. The van der Waals surface area contributed by atoms with Crippen LogP contribution in [0.25, 0.3) is 11.4 Å². The van der Waals surface area contributed by atoms with Gasteiger partial charge in [-0.3, -0.25) is 4.79 Å². The molecule has 0 fully saturated rings. The van der Waals surface area contributed by atoms with E-state index in [1.807, 2.05) is 42.5 Å². The summed E-state index contributed by atoms with van der Waals surface area (Å²) in [6.07, 6.45) is 1.50. The lowest BCUT2D eigenvalue weighted by Crippen LogP contribution is -2.13. The lowest BCUT2D eigenvalue weighted by Gasteiger charge is -2.08. The van der Waals surface area contributed by atoms with Crippen LogP contribution in [0.2, 0.25) is 5.02 Å². The van der Waals surface area contributed by atoms with Gasteiger partial charge in [0.25, 0.3) is 0 Å². The van der Waals surface area contributed by atoms with Crippen molar-refractivity contribution in [2.75, 3.05) is 5.32 Å². The second-order valence-electron chi connectivity index (χ2n) is 5.55. The highest BCUT2D eigenvalue weighted by Crippen LogP contribution is 2.25. The van der Waals surface area contributed by atoms with Crippen molar-refractivity contribution in [1.82, 2.24) is 10.1 Å². The van der Waals surface area contributed by atoms with Gasteiger partial charge in [-0.2, -0.15) is 4.98 Å². The molecule has 2 aromatic carbocycles. The number of para-hydroxylation sites is 1. The van der Waals surface area contributed by atoms with Crippen molar-refractivity contribution in [2.24, 2.45) is 0 Å². The van der Waals surface area contributed by atoms with Crippen LogP contribution in [0, 0.1) is 0 Å². The van der Waals surface area contributed by atoms with E-state index in [1.165, 1.54) is 0 Å². The standard InChI is InChI=1S/C19H18ClN3O2/c1-2-13-7-3-6-10-16(13)21-17(24)11-12-18-22-19(23-25-18)14-8-4-5-9-15(14)20/h3-10H,2,11-12H2,1H3,(H,21,24). The summed E-state index contributed by atoms with van der Waals surface area (Å²) < 4.78 is 5.22. The minimum atomic E-state index is -0.0848. The van der Waals surface area contributed by atoms with E-state index in [-0.39, 0.29) is 12.3 Å². The third-order valence-corrected chi connectivity index (χ3v) is 4.15. The molecule has 1 N–H and O–H groups in total. The number of anilines is 1. The SMILES string of the molecule is CCc1ccccc1NC(=O)CCc1nc(-c2ccccc2Cl)no1. The van der Waals surface area contributed by atoms with E-state index >= 15 is 0 Å². The van der Waals surface area contributed by atoms with Crippen molar-refractivity contribution in [3.05, 3.63) is 65.0 Å². The van der Waals surface area contributed by atoms with Crippen molar-refractivity contribution in [1.29, 1.82) is 0 Å². The van der Waals surface area contributed by atoms with Crippen LogP contribution in [-0.4, -0.2) is 16.0 Å². The molecular formula is C19H18ClN3O2. The summed E-state index contributed by atoms with van der Waals surface area (Å²) >= 11 is 6.13. The zero-order valence-corrected chi connectivity index (χ0v) is 14.6. The number of nitrogens with one attached hydrogen (secondary N) is 1. The van der Waals surface area contributed by atoms with Crippen LogP contribution in [0.1, 0.15) is 24.8 Å². The molecule has 3 rings (SSSR count). The summed E-state index contributed by atoms with van der Waals surface area (Å²) in [7, 11) is 0. The van der Waals surface area contributed by atoms with Gasteiger partial charge in [-0.25, -0.2) is 0 Å². The number of carbonyl (C=O) groups excluding carboxylic acids is 1. The highest BCUT2D eigenvalue weighted by atomic mass is 35.5. The van der Waals surface area contributed by atoms with Crippen LogP contribution in [-0.2, 0) is 17.6 Å². The third-order valence-electron chi connectivity index (χ3n) is 3.82. The average Bonchev–Trinajstić information content (AvgIpc) is 3.09. The van der Waals surface area contributed by atoms with Gasteiger partial charge in [0.1, 0.15) is 0 Å². The lowest BCUT2D eigenvalue weighted by atomic mass is 10.1. The van der Waals surface area contributed by atoms with E-state index in [4.69, 9.17) is 16.1 Å². The quantitative estimate of drug-likeness (QED) is 0.705. The van der Waals surface area contributed by atoms with E-state index in [2.05, 4.69) is 22.4 Å². The van der Waals surface area contributed by atoms with E-state index < -0.39 is 0 Å². The van der Waals surface area contributed by atoms with Crippen molar-refractivity contribution in [2.45, 2.75) is 26.2 Å². The Kier molecular flexibility index (Phi) is 5.46. The first kappa shape index (κ1) is 17.2. The van der Waals surface area contributed by atoms with Crippen LogP contribution in [0.4, 0.5) is 5.69 Å². The van der Waals surface area contributed by atoms with Gasteiger partial charge >= 0.3 is 0 Å². The summed E-state index contributed by atoms with van der Waals surface area (Å²) in [5.74, 6) is 0.754. The largest absolute Gasteiger partial charge is 0.339 e. The highest BCUT2D eigenvalue weighted by Gasteiger charge is 2.13. The van der Waals surface area contributed by atoms with Crippen molar-refractivity contribution in [3.63, 3.8) is 0 Å². The maximum Gasteiger partial charge on any atom is 0.227 e. The molecule has 6 heteroatoms. The second-order valence-corrected chi connectivity index (χ2v) is 5.96. The van der Waals surface area contributed by atoms with Crippen molar-refractivity contribution < 1.29 is 9.32 Å². The Morgan fingerprint density at radius 3 is 2.72 bits per heavy atom. The molecule has 0 aliphatic heterocycles. The predicted molar refractivity (Wildman–Crippen MR) is 97.5 cm³/mol. The van der Waals surface area contributed by atoms with Gasteiger partial charge in [-0.15, -0.1) is 0 Å². The molecule has 1 amide bonds. The zero-order chi connectivity index (χ0) is 17.6. The molecule has 3 aromatic rings. The number of carbonyl (C=O) groups is 1. The van der Waals surface area contributed by atoms with Crippen molar-refractivity contribution >= 4 is 23.2 Å². The number of aryl methyl sites for hydroxylation is 2. The molecule has 0 radical (unpaired) electrons. The van der Waals surface area contributed by atoms with Crippen LogP contribution >= 0.6 is 11.6 Å². The highest BCUT2D eigenvalue weighted by molar-refractivity contribution is 6.33. The molecule has 25 heavy (non-hydrogen) atoms. The fourth-order valence-corrected chi connectivity index (χ4v) is 2.71. The van der Waals surface area contributed by atoms with Gasteiger partial charge in [-0.05, 0) is 30.2 Å². The molecule has 0 spiro atoms. The minimum Gasteiger partial charge on any atom is -0.339 e. The van der Waals surface area contributed by atoms with E-state index in [0.29, 0.717) is 28.7 Å². The first-order valence-electron chi connectivity index (χ1n) is 8.12. The van der Waals surface area contributed by atoms with Gasteiger partial charge < -0.3 is 9.84 Å². The number of rotatable bonds is 6. The summed E-state index contributed by atoms with van der Waals surface area (Å²) in [6.45, 7) is 2.06. The molecule has 1 heterocycles. The number of benzene rings is 2. The Morgan fingerprint density at radius 1 is 1.16 bits per heavy atom. The molecule has 0 atom stereocenters. The van der Waals surface area contributed by atoms with E-state index in [0.717, 1.165) is 17.7 Å². The topological polar surface area (TPSA) is 68.0 Å². The Morgan fingerprint density at radius 2 is 1.92 bits per heavy atom. The van der Waals surface area contributed by atoms with Gasteiger partial charge in [-0.1, -0.05) is 54.0 Å². The second kappa shape index (κ2) is 7.94. The van der Waals surface area contributed by atoms with Crippen LogP contribution in [0.15, 0.2) is 53.1 Å². The van der Waals surface area contributed by atoms with Crippen LogP contribution in [0.5, 0.6) is 0 Å². The number of nitrogens with zero attached hydrogens (tertiary/aromatic N) is 2. The van der Waals surface area contributed by atoms with Gasteiger partial charge in [0, 0.05) is 24.1 Å². The molecule has 1 aromatic heterocycles. The fourth-order valence-electron chi connectivity index (χ4n) is 2.49. The maximum absolute atomic E-state index is 12.2. The van der Waals surface area contributed by atoms with E-state index in [9.17, 15) is 4.79 Å². The molecule has 0 bridgehead atoms. The van der Waals surface area contributed by atoms with E-state index in [1.54, 1.807) is 6.07 Å². The number of aromatic nitrogens is 2. The monoisotopic (exact) mass is 355 g/mol. The molecular weight excluding hydrogens is 338 g/mol. The fraction of sp³-hybridized carbons (Fsp3) is 0.211. The summed E-state index contributed by atoms with van der Waals surface area (Å²) in [5, 5.41) is 7.42. The number of hydrogen-bond donors (Lipinski definition) is 1. The van der Waals surface area contributed by atoms with Crippen LogP contribution in [0.3, 0.4) is 0 Å². The van der Waals surface area contributed by atoms with Gasteiger partial charge in [0.15, 0.2) is 0 Å². The molecule has 0 unspecified atom stereocenters. The molecule has 0 saturated carbocycles. The maximum atomic E-state index is 12.2. The van der Waals surface area contributed by atoms with Gasteiger partial charge in [0.2, 0.25) is 17.6 Å². The third kappa shape index (κ3) is 4.25. The molecule has 0 aliphatic carbocycles. The number of halogens is 1. The first-order valence-corrected chi connectivity index (χ1v) is 8.50. The number of amides is 1. The summed E-state index contributed by atoms with van der Waals surface area (Å²) in [5.41, 5.74) is 2.66. The Bertz CT molecular complexity index is 876. The smallest absolute Gasteiger partial charge is 0.227 e. The molecule has 5 nitrogen and oxygen atoms in total. The Hall–Kier alpha value is -2.66. The van der Waals surface area contributed by atoms with Crippen LogP contribution < -0.4 is 5.32 Å². The molecule has 0 saturated heterocycles. The Balaban J connectivity index is 1.61. The lowest BCUT2D eigenvalue weighted by molar-refractivity contribution is -0.116. The molecule has 0 aliphatic rings. The average molecular weight is 356 g/mol. The molecule has 128 valence electrons. The Labute approximate surface area is 151 Å². The zero-order valence-electron chi connectivity index (χ0n) is 13.8. The predicted octanol–water partition coefficient (Wildman–Crippen LogP) is 4.52. The van der Waals surface area contributed by atoms with Crippen molar-refractivity contribution in [3.8, 4) is 11.4 Å². The van der Waals surface area contributed by atoms with Gasteiger partial charge in [0.05, 0.1) is 5.02 Å². The normalized spacial score (nSPS) is 10.6. The summed E-state index contributed by atoms with van der Waals surface area (Å²) in [6, 6.07) is 15.1. The summed E-state index contributed by atoms with van der Waals surface area (Å²) in [4.78, 5) is 16.5. The number of hydrogen-bond acceptors (Lipinski definition) is 4.